The minimum Gasteiger partial charge on any atom is -0.378 e. The van der Waals surface area contributed by atoms with Crippen LogP contribution in [0.3, 0.4) is 0 Å². The van der Waals surface area contributed by atoms with Gasteiger partial charge in [-0.2, -0.15) is 0 Å². The van der Waals surface area contributed by atoms with Gasteiger partial charge in [0.05, 0.1) is 5.54 Å². The van der Waals surface area contributed by atoms with E-state index >= 15 is 0 Å². The Morgan fingerprint density at radius 3 is 2.67 bits per heavy atom. The second-order valence-electron chi connectivity index (χ2n) is 5.34. The fourth-order valence-electron chi connectivity index (χ4n) is 3.21. The largest absolute Gasteiger partial charge is 0.378 e. The molecule has 100 valence electrons. The highest BCUT2D eigenvalue weighted by atomic mass is 79.9. The van der Waals surface area contributed by atoms with Gasteiger partial charge >= 0.3 is 0 Å². The molecule has 18 heavy (non-hydrogen) atoms. The molecule has 1 aromatic rings. The number of hydrogen-bond acceptors (Lipinski definition) is 2. The number of hydrogen-bond donors (Lipinski definition) is 2. The molecule has 0 heterocycles. The molecule has 2 atom stereocenters. The van der Waals surface area contributed by atoms with Crippen LogP contribution in [0.5, 0.6) is 0 Å². The van der Waals surface area contributed by atoms with Crippen LogP contribution in [-0.2, 0) is 0 Å². The van der Waals surface area contributed by atoms with Gasteiger partial charge in [0.25, 0.3) is 0 Å². The molecule has 2 nitrogen and oxygen atoms in total. The Bertz CT molecular complexity index is 377. The third-order valence-corrected chi connectivity index (χ3v) is 4.83. The number of halogens is 1. The van der Waals surface area contributed by atoms with E-state index in [9.17, 15) is 0 Å². The van der Waals surface area contributed by atoms with Crippen molar-refractivity contribution in [1.29, 1.82) is 0 Å². The highest BCUT2D eigenvalue weighted by Crippen LogP contribution is 2.38. The van der Waals surface area contributed by atoms with E-state index < -0.39 is 0 Å². The van der Waals surface area contributed by atoms with Crippen LogP contribution in [0.1, 0.15) is 39.0 Å². The smallest absolute Gasteiger partial charge is 0.0523 e. The predicted octanol–water partition coefficient (Wildman–Crippen LogP) is 4.16. The first-order valence-corrected chi connectivity index (χ1v) is 7.73. The second-order valence-corrected chi connectivity index (χ2v) is 6.26. The molecule has 1 saturated carbocycles. The number of nitrogens with one attached hydrogen (secondary N) is 1. The molecular formula is C15H23BrN2. The Morgan fingerprint density at radius 1 is 1.33 bits per heavy atom. The van der Waals surface area contributed by atoms with E-state index in [0.29, 0.717) is 5.92 Å². The highest BCUT2D eigenvalue weighted by molar-refractivity contribution is 9.10. The van der Waals surface area contributed by atoms with Crippen LogP contribution in [0.25, 0.3) is 0 Å². The third kappa shape index (κ3) is 2.89. The Balaban J connectivity index is 2.18. The molecule has 1 fully saturated rings. The van der Waals surface area contributed by atoms with Crippen LogP contribution < -0.4 is 11.1 Å². The molecule has 0 aliphatic heterocycles. The molecule has 0 spiro atoms. The van der Waals surface area contributed by atoms with Crippen LogP contribution >= 0.6 is 15.9 Å². The van der Waals surface area contributed by atoms with Crippen molar-refractivity contribution in [3.63, 3.8) is 0 Å². The van der Waals surface area contributed by atoms with Crippen molar-refractivity contribution in [1.82, 2.24) is 0 Å². The summed E-state index contributed by atoms with van der Waals surface area (Å²) in [5, 5.41) is 3.73. The van der Waals surface area contributed by atoms with Crippen LogP contribution in [0.4, 0.5) is 5.69 Å². The zero-order valence-corrected chi connectivity index (χ0v) is 12.7. The summed E-state index contributed by atoms with van der Waals surface area (Å²) in [5.74, 6) is 0.694. The quantitative estimate of drug-likeness (QED) is 0.876. The zero-order valence-electron chi connectivity index (χ0n) is 11.1. The summed E-state index contributed by atoms with van der Waals surface area (Å²) in [6.07, 6.45) is 6.34. The highest BCUT2D eigenvalue weighted by Gasteiger charge is 2.38. The van der Waals surface area contributed by atoms with Crippen LogP contribution in [0.2, 0.25) is 0 Å². The van der Waals surface area contributed by atoms with E-state index in [0.717, 1.165) is 11.0 Å². The maximum Gasteiger partial charge on any atom is 0.0523 e. The minimum absolute atomic E-state index is 0.0980. The molecule has 3 N–H and O–H groups in total. The van der Waals surface area contributed by atoms with E-state index in [1.807, 2.05) is 0 Å². The number of anilines is 1. The fourth-order valence-corrected chi connectivity index (χ4v) is 3.48. The van der Waals surface area contributed by atoms with Crippen molar-refractivity contribution in [2.45, 2.75) is 44.6 Å². The summed E-state index contributed by atoms with van der Waals surface area (Å²) < 4.78 is 1.12. The van der Waals surface area contributed by atoms with Gasteiger partial charge in [0.15, 0.2) is 0 Å². The Morgan fingerprint density at radius 2 is 2.06 bits per heavy atom. The molecule has 3 heteroatoms. The maximum atomic E-state index is 6.11. The first-order valence-electron chi connectivity index (χ1n) is 6.94. The summed E-state index contributed by atoms with van der Waals surface area (Å²) in [7, 11) is 0. The van der Waals surface area contributed by atoms with Crippen LogP contribution in [0.15, 0.2) is 28.7 Å². The van der Waals surface area contributed by atoms with E-state index in [1.54, 1.807) is 0 Å². The fraction of sp³-hybridized carbons (Fsp3) is 0.600. The first-order chi connectivity index (χ1) is 8.70. The van der Waals surface area contributed by atoms with Gasteiger partial charge in [0, 0.05) is 16.7 Å². The first kappa shape index (κ1) is 13.9. The van der Waals surface area contributed by atoms with Crippen molar-refractivity contribution in [2.24, 2.45) is 11.7 Å². The van der Waals surface area contributed by atoms with Gasteiger partial charge in [-0.1, -0.05) is 42.1 Å². The molecular weight excluding hydrogens is 288 g/mol. The number of rotatable bonds is 4. The monoisotopic (exact) mass is 310 g/mol. The van der Waals surface area contributed by atoms with Crippen LogP contribution in [-0.4, -0.2) is 12.1 Å². The van der Waals surface area contributed by atoms with Gasteiger partial charge < -0.3 is 11.1 Å². The third-order valence-electron chi connectivity index (χ3n) is 4.30. The number of nitrogens with two attached hydrogens (primary N) is 1. The van der Waals surface area contributed by atoms with Crippen molar-refractivity contribution in [2.75, 3.05) is 11.9 Å². The Kier molecular flexibility index (Phi) is 4.68. The molecule has 0 amide bonds. The standard InChI is InChI=1S/C15H23BrN2/c1-2-12-5-3-4-10-15(12,11-17)18-14-8-6-13(16)7-9-14/h6-9,12,18H,2-5,10-11,17H2,1H3. The summed E-state index contributed by atoms with van der Waals surface area (Å²) in [6, 6.07) is 8.41. The zero-order chi connectivity index (χ0) is 13.0. The Labute approximate surface area is 118 Å². The lowest BCUT2D eigenvalue weighted by Gasteiger charge is -2.44. The van der Waals surface area contributed by atoms with Gasteiger partial charge in [-0.15, -0.1) is 0 Å². The summed E-state index contributed by atoms with van der Waals surface area (Å²) >= 11 is 3.47. The average molecular weight is 311 g/mol. The molecule has 1 aliphatic carbocycles. The van der Waals surface area contributed by atoms with Crippen molar-refractivity contribution >= 4 is 21.6 Å². The van der Waals surface area contributed by atoms with E-state index in [4.69, 9.17) is 5.73 Å². The molecule has 2 unspecified atom stereocenters. The minimum atomic E-state index is 0.0980. The predicted molar refractivity (Wildman–Crippen MR) is 81.8 cm³/mol. The van der Waals surface area contributed by atoms with Gasteiger partial charge in [0.2, 0.25) is 0 Å². The lowest BCUT2D eigenvalue weighted by atomic mass is 9.71. The molecule has 1 aromatic carbocycles. The van der Waals surface area contributed by atoms with Crippen molar-refractivity contribution < 1.29 is 0 Å². The lowest BCUT2D eigenvalue weighted by Crippen LogP contribution is -2.53. The van der Waals surface area contributed by atoms with E-state index in [2.05, 4.69) is 52.4 Å². The van der Waals surface area contributed by atoms with Crippen molar-refractivity contribution in [3.8, 4) is 0 Å². The van der Waals surface area contributed by atoms with Crippen molar-refractivity contribution in [3.05, 3.63) is 28.7 Å². The van der Waals surface area contributed by atoms with E-state index in [-0.39, 0.29) is 5.54 Å². The Hall–Kier alpha value is -0.540. The van der Waals surface area contributed by atoms with E-state index in [1.165, 1.54) is 37.8 Å². The van der Waals surface area contributed by atoms with Gasteiger partial charge in [-0.05, 0) is 43.0 Å². The number of benzene rings is 1. The molecule has 2 rings (SSSR count). The SMILES string of the molecule is CCC1CCCCC1(CN)Nc1ccc(Br)cc1. The molecule has 0 saturated heterocycles. The average Bonchev–Trinajstić information content (AvgIpc) is 2.42. The summed E-state index contributed by atoms with van der Waals surface area (Å²) in [5.41, 5.74) is 7.39. The van der Waals surface area contributed by atoms with Gasteiger partial charge in [-0.25, -0.2) is 0 Å². The lowest BCUT2D eigenvalue weighted by molar-refractivity contribution is 0.212. The summed E-state index contributed by atoms with van der Waals surface area (Å²) in [6.45, 7) is 3.01. The topological polar surface area (TPSA) is 38.0 Å². The molecule has 1 aliphatic rings. The maximum absolute atomic E-state index is 6.11. The molecule has 0 bridgehead atoms. The summed E-state index contributed by atoms with van der Waals surface area (Å²) in [4.78, 5) is 0. The van der Waals surface area contributed by atoms with Crippen LogP contribution in [0, 0.1) is 5.92 Å². The molecule has 0 aromatic heterocycles. The molecule has 0 radical (unpaired) electrons. The second kappa shape index (κ2) is 6.07. The van der Waals surface area contributed by atoms with Gasteiger partial charge in [0.1, 0.15) is 0 Å². The van der Waals surface area contributed by atoms with Gasteiger partial charge in [-0.3, -0.25) is 0 Å². The normalized spacial score (nSPS) is 28.1.